The summed E-state index contributed by atoms with van der Waals surface area (Å²) in [5, 5.41) is 0.791. The van der Waals surface area contributed by atoms with Gasteiger partial charge in [0.1, 0.15) is 23.1 Å². The molecule has 0 spiro atoms. The number of hydrogen-bond donors (Lipinski definition) is 0. The molecule has 5 heteroatoms. The van der Waals surface area contributed by atoms with E-state index in [4.69, 9.17) is 32.7 Å². The van der Waals surface area contributed by atoms with Crippen molar-refractivity contribution in [2.45, 2.75) is 13.5 Å². The Balaban J connectivity index is 2.24. The number of carbonyl (C=O) groups excluding carboxylic acids is 1. The van der Waals surface area contributed by atoms with Crippen molar-refractivity contribution in [2.24, 2.45) is 0 Å². The van der Waals surface area contributed by atoms with Crippen LogP contribution in [-0.4, -0.2) is 12.9 Å². The highest BCUT2D eigenvalue weighted by Crippen LogP contribution is 2.32. The van der Waals surface area contributed by atoms with Crippen LogP contribution in [0.1, 0.15) is 22.8 Å². The summed E-state index contributed by atoms with van der Waals surface area (Å²) in [7, 11) is 1.57. The highest BCUT2D eigenvalue weighted by Gasteiger charge is 2.10. The summed E-state index contributed by atoms with van der Waals surface area (Å²) >= 11 is 12.0. The molecule has 21 heavy (non-hydrogen) atoms. The Bertz CT molecular complexity index is 669. The van der Waals surface area contributed by atoms with Crippen molar-refractivity contribution in [1.29, 1.82) is 0 Å². The predicted molar refractivity (Wildman–Crippen MR) is 83.8 cm³/mol. The third kappa shape index (κ3) is 3.69. The largest absolute Gasteiger partial charge is 0.496 e. The summed E-state index contributed by atoms with van der Waals surface area (Å²) in [6, 6.07) is 10.4. The van der Waals surface area contributed by atoms with E-state index in [2.05, 4.69) is 0 Å². The Hall–Kier alpha value is -1.71. The Morgan fingerprint density at radius 1 is 1.14 bits per heavy atom. The van der Waals surface area contributed by atoms with E-state index in [1.807, 2.05) is 0 Å². The molecule has 0 fully saturated rings. The van der Waals surface area contributed by atoms with Crippen LogP contribution in [0.3, 0.4) is 0 Å². The highest BCUT2D eigenvalue weighted by molar-refractivity contribution is 6.42. The van der Waals surface area contributed by atoms with Crippen molar-refractivity contribution < 1.29 is 14.3 Å². The van der Waals surface area contributed by atoms with Crippen LogP contribution >= 0.6 is 23.2 Å². The lowest BCUT2D eigenvalue weighted by molar-refractivity contribution is 0.101. The first-order valence-electron chi connectivity index (χ1n) is 6.27. The number of rotatable bonds is 5. The molecule has 0 saturated heterocycles. The van der Waals surface area contributed by atoms with E-state index in [9.17, 15) is 4.79 Å². The summed E-state index contributed by atoms with van der Waals surface area (Å²) in [6.07, 6.45) is 0. The van der Waals surface area contributed by atoms with Gasteiger partial charge in [0.25, 0.3) is 0 Å². The second-order valence-corrected chi connectivity index (χ2v) is 5.21. The second kappa shape index (κ2) is 6.83. The maximum atomic E-state index is 11.5. The molecular weight excluding hydrogens is 311 g/mol. The van der Waals surface area contributed by atoms with E-state index < -0.39 is 0 Å². The van der Waals surface area contributed by atoms with Crippen molar-refractivity contribution in [3.63, 3.8) is 0 Å². The number of halogens is 2. The van der Waals surface area contributed by atoms with Gasteiger partial charge in [-0.1, -0.05) is 29.3 Å². The number of ether oxygens (including phenoxy) is 2. The van der Waals surface area contributed by atoms with Crippen LogP contribution in [0.5, 0.6) is 11.5 Å². The molecular formula is C16H14Cl2O3. The van der Waals surface area contributed by atoms with Gasteiger partial charge < -0.3 is 9.47 Å². The average molecular weight is 325 g/mol. The standard InChI is InChI=1S/C16H14Cl2O3/c1-10(19)11-6-7-14(20-2)12(8-11)9-21-15-5-3-4-13(17)16(15)18/h3-8H,9H2,1-2H3. The van der Waals surface area contributed by atoms with Gasteiger partial charge in [-0.3, -0.25) is 4.79 Å². The molecule has 110 valence electrons. The van der Waals surface area contributed by atoms with Gasteiger partial charge >= 0.3 is 0 Å². The lowest BCUT2D eigenvalue weighted by atomic mass is 10.1. The van der Waals surface area contributed by atoms with Gasteiger partial charge in [0.15, 0.2) is 5.78 Å². The normalized spacial score (nSPS) is 10.3. The zero-order chi connectivity index (χ0) is 15.4. The Morgan fingerprint density at radius 3 is 2.57 bits per heavy atom. The van der Waals surface area contributed by atoms with Crippen LogP contribution in [0.4, 0.5) is 0 Å². The van der Waals surface area contributed by atoms with Gasteiger partial charge in [0.05, 0.1) is 12.1 Å². The number of methoxy groups -OCH3 is 1. The molecule has 0 atom stereocenters. The SMILES string of the molecule is COc1ccc(C(C)=O)cc1COc1cccc(Cl)c1Cl. The van der Waals surface area contributed by atoms with Gasteiger partial charge in [-0.05, 0) is 37.3 Å². The quantitative estimate of drug-likeness (QED) is 0.742. The van der Waals surface area contributed by atoms with Gasteiger partial charge in [0, 0.05) is 11.1 Å². The first kappa shape index (κ1) is 15.7. The first-order valence-corrected chi connectivity index (χ1v) is 7.03. The molecule has 0 aliphatic rings. The summed E-state index contributed by atoms with van der Waals surface area (Å²) in [5.74, 6) is 1.12. The number of benzene rings is 2. The third-order valence-electron chi connectivity index (χ3n) is 2.99. The molecule has 0 heterocycles. The van der Waals surface area contributed by atoms with Crippen molar-refractivity contribution in [3.8, 4) is 11.5 Å². The summed E-state index contributed by atoms with van der Waals surface area (Å²) in [5.41, 5.74) is 1.37. The topological polar surface area (TPSA) is 35.5 Å². The Morgan fingerprint density at radius 2 is 1.90 bits per heavy atom. The molecule has 0 aliphatic heterocycles. The number of carbonyl (C=O) groups is 1. The Labute approximate surface area is 133 Å². The molecule has 2 aromatic carbocycles. The molecule has 0 radical (unpaired) electrons. The highest BCUT2D eigenvalue weighted by atomic mass is 35.5. The van der Waals surface area contributed by atoms with Gasteiger partial charge in [-0.2, -0.15) is 0 Å². The van der Waals surface area contributed by atoms with E-state index in [1.54, 1.807) is 43.5 Å². The number of hydrogen-bond acceptors (Lipinski definition) is 3. The molecule has 3 nitrogen and oxygen atoms in total. The maximum Gasteiger partial charge on any atom is 0.159 e. The van der Waals surface area contributed by atoms with Crippen molar-refractivity contribution >= 4 is 29.0 Å². The van der Waals surface area contributed by atoms with E-state index in [-0.39, 0.29) is 12.4 Å². The van der Waals surface area contributed by atoms with E-state index in [1.165, 1.54) is 6.92 Å². The van der Waals surface area contributed by atoms with Gasteiger partial charge in [-0.15, -0.1) is 0 Å². The molecule has 0 aliphatic carbocycles. The Kier molecular flexibility index (Phi) is 5.10. The van der Waals surface area contributed by atoms with Crippen LogP contribution in [0, 0.1) is 0 Å². The van der Waals surface area contributed by atoms with E-state index in [0.717, 1.165) is 5.56 Å². The van der Waals surface area contributed by atoms with Gasteiger partial charge in [0.2, 0.25) is 0 Å². The van der Waals surface area contributed by atoms with Crippen LogP contribution in [0.25, 0.3) is 0 Å². The lowest BCUT2D eigenvalue weighted by Gasteiger charge is -2.12. The van der Waals surface area contributed by atoms with Crippen molar-refractivity contribution in [1.82, 2.24) is 0 Å². The molecule has 0 bridgehead atoms. The predicted octanol–water partition coefficient (Wildman–Crippen LogP) is 4.78. The molecule has 0 aromatic heterocycles. The van der Waals surface area contributed by atoms with Crippen LogP contribution in [-0.2, 0) is 6.61 Å². The fraction of sp³-hybridized carbons (Fsp3) is 0.188. The number of ketones is 1. The van der Waals surface area contributed by atoms with Crippen LogP contribution < -0.4 is 9.47 Å². The van der Waals surface area contributed by atoms with Crippen LogP contribution in [0.2, 0.25) is 10.0 Å². The molecule has 0 N–H and O–H groups in total. The molecule has 0 amide bonds. The summed E-state index contributed by atoms with van der Waals surface area (Å²) in [4.78, 5) is 11.5. The minimum atomic E-state index is -0.0142. The first-order chi connectivity index (χ1) is 10.0. The second-order valence-electron chi connectivity index (χ2n) is 4.42. The minimum absolute atomic E-state index is 0.0142. The lowest BCUT2D eigenvalue weighted by Crippen LogP contribution is -2.02. The molecule has 0 saturated carbocycles. The molecule has 2 rings (SSSR count). The third-order valence-corrected chi connectivity index (χ3v) is 3.79. The minimum Gasteiger partial charge on any atom is -0.496 e. The molecule has 2 aromatic rings. The summed E-state index contributed by atoms with van der Waals surface area (Å²) < 4.78 is 10.9. The maximum absolute atomic E-state index is 11.5. The fourth-order valence-electron chi connectivity index (χ4n) is 1.86. The monoisotopic (exact) mass is 324 g/mol. The van der Waals surface area contributed by atoms with E-state index in [0.29, 0.717) is 27.1 Å². The van der Waals surface area contributed by atoms with Crippen molar-refractivity contribution in [3.05, 3.63) is 57.6 Å². The smallest absolute Gasteiger partial charge is 0.159 e. The fourth-order valence-corrected chi connectivity index (χ4v) is 2.21. The summed E-state index contributed by atoms with van der Waals surface area (Å²) in [6.45, 7) is 1.74. The van der Waals surface area contributed by atoms with E-state index >= 15 is 0 Å². The zero-order valence-electron chi connectivity index (χ0n) is 11.7. The number of Topliss-reactive ketones (excluding diaryl/α,β-unsaturated/α-hetero) is 1. The average Bonchev–Trinajstić information content (AvgIpc) is 2.48. The molecule has 0 unspecified atom stereocenters. The van der Waals surface area contributed by atoms with Gasteiger partial charge in [-0.25, -0.2) is 0 Å². The van der Waals surface area contributed by atoms with Crippen LogP contribution in [0.15, 0.2) is 36.4 Å². The van der Waals surface area contributed by atoms with Crippen molar-refractivity contribution in [2.75, 3.05) is 7.11 Å². The zero-order valence-corrected chi connectivity index (χ0v) is 13.2.